The molecule has 0 bridgehead atoms. The van der Waals surface area contributed by atoms with Gasteiger partial charge in [-0.3, -0.25) is 0 Å². The van der Waals surface area contributed by atoms with Crippen LogP contribution in [0.3, 0.4) is 0 Å². The van der Waals surface area contributed by atoms with Crippen LogP contribution in [0.2, 0.25) is 0 Å². The monoisotopic (exact) mass is 151 g/mol. The van der Waals surface area contributed by atoms with Crippen LogP contribution in [0.4, 0.5) is 0 Å². The van der Waals surface area contributed by atoms with Crippen molar-refractivity contribution in [2.75, 3.05) is 7.11 Å². The molecule has 58 valence electrons. The van der Waals surface area contributed by atoms with Crippen molar-refractivity contribution >= 4 is 6.21 Å². The Bertz CT molecular complexity index is 258. The molecule has 0 aliphatic heterocycles. The first kappa shape index (κ1) is 7.60. The normalized spacial score (nSPS) is 10.3. The fourth-order valence-corrected chi connectivity index (χ4v) is 0.835. The third-order valence-electron chi connectivity index (χ3n) is 1.34. The number of rotatable bonds is 2. The fraction of sp³-hybridized carbons (Fsp3) is 0.125. The molecule has 0 saturated heterocycles. The van der Waals surface area contributed by atoms with Gasteiger partial charge in [0, 0.05) is 5.56 Å². The standard InChI is InChI=1S/C8H9NO2/c1-11-8-5-3-2-4-7(8)6-9-10/h2-6,10H,1H3/b9-6-. The molecule has 0 heterocycles. The number of oxime groups is 1. The predicted octanol–water partition coefficient (Wildman–Crippen LogP) is 1.50. The summed E-state index contributed by atoms with van der Waals surface area (Å²) >= 11 is 0. The van der Waals surface area contributed by atoms with Crippen LogP contribution in [0, 0.1) is 0 Å². The van der Waals surface area contributed by atoms with Crippen molar-refractivity contribution in [1.29, 1.82) is 0 Å². The predicted molar refractivity (Wildman–Crippen MR) is 42.4 cm³/mol. The second-order valence-electron chi connectivity index (χ2n) is 1.99. The fourth-order valence-electron chi connectivity index (χ4n) is 0.835. The Kier molecular flexibility index (Phi) is 2.49. The van der Waals surface area contributed by atoms with E-state index in [2.05, 4.69) is 5.16 Å². The van der Waals surface area contributed by atoms with E-state index in [0.29, 0.717) is 5.75 Å². The molecular formula is C8H9NO2. The van der Waals surface area contributed by atoms with Gasteiger partial charge in [-0.05, 0) is 12.1 Å². The molecule has 0 aliphatic carbocycles. The van der Waals surface area contributed by atoms with Crippen molar-refractivity contribution in [1.82, 2.24) is 0 Å². The van der Waals surface area contributed by atoms with Crippen LogP contribution in [-0.2, 0) is 0 Å². The molecule has 0 spiro atoms. The van der Waals surface area contributed by atoms with Crippen LogP contribution in [0.25, 0.3) is 0 Å². The summed E-state index contributed by atoms with van der Waals surface area (Å²) in [5.41, 5.74) is 0.762. The number of para-hydroxylation sites is 1. The maximum atomic E-state index is 8.25. The number of benzene rings is 1. The van der Waals surface area contributed by atoms with Gasteiger partial charge in [0.2, 0.25) is 0 Å². The van der Waals surface area contributed by atoms with E-state index >= 15 is 0 Å². The minimum absolute atomic E-state index is 0.699. The van der Waals surface area contributed by atoms with Gasteiger partial charge in [0.25, 0.3) is 0 Å². The molecule has 1 aromatic carbocycles. The quantitative estimate of drug-likeness (QED) is 0.395. The van der Waals surface area contributed by atoms with Crippen LogP contribution in [0.5, 0.6) is 5.75 Å². The molecule has 0 aromatic heterocycles. The highest BCUT2D eigenvalue weighted by Gasteiger charge is 1.95. The highest BCUT2D eigenvalue weighted by molar-refractivity contribution is 5.82. The van der Waals surface area contributed by atoms with Crippen LogP contribution >= 0.6 is 0 Å². The number of hydrogen-bond donors (Lipinski definition) is 1. The van der Waals surface area contributed by atoms with E-state index in [1.807, 2.05) is 12.1 Å². The first-order valence-corrected chi connectivity index (χ1v) is 3.19. The minimum Gasteiger partial charge on any atom is -0.496 e. The minimum atomic E-state index is 0.699. The summed E-state index contributed by atoms with van der Waals surface area (Å²) in [5, 5.41) is 11.2. The summed E-state index contributed by atoms with van der Waals surface area (Å²) < 4.78 is 5.00. The molecular weight excluding hydrogens is 142 g/mol. The molecule has 1 aromatic rings. The number of nitrogens with zero attached hydrogens (tertiary/aromatic N) is 1. The summed E-state index contributed by atoms with van der Waals surface area (Å²) in [7, 11) is 1.57. The molecule has 3 heteroatoms. The largest absolute Gasteiger partial charge is 0.496 e. The average molecular weight is 151 g/mol. The van der Waals surface area contributed by atoms with Gasteiger partial charge in [-0.25, -0.2) is 0 Å². The van der Waals surface area contributed by atoms with Crippen molar-refractivity contribution in [2.24, 2.45) is 5.16 Å². The molecule has 0 saturated carbocycles. The lowest BCUT2D eigenvalue weighted by Gasteiger charge is -2.01. The molecule has 0 fully saturated rings. The number of ether oxygens (including phenoxy) is 1. The lowest BCUT2D eigenvalue weighted by molar-refractivity contribution is 0.321. The molecule has 3 nitrogen and oxygen atoms in total. The number of methoxy groups -OCH3 is 1. The highest BCUT2D eigenvalue weighted by Crippen LogP contribution is 2.14. The summed E-state index contributed by atoms with van der Waals surface area (Å²) in [4.78, 5) is 0. The van der Waals surface area contributed by atoms with E-state index in [9.17, 15) is 0 Å². The molecule has 0 radical (unpaired) electrons. The molecule has 1 rings (SSSR count). The van der Waals surface area contributed by atoms with E-state index in [4.69, 9.17) is 9.94 Å². The second kappa shape index (κ2) is 3.61. The van der Waals surface area contributed by atoms with Crippen molar-refractivity contribution in [3.63, 3.8) is 0 Å². The Morgan fingerprint density at radius 2 is 2.18 bits per heavy atom. The lowest BCUT2D eigenvalue weighted by atomic mass is 10.2. The van der Waals surface area contributed by atoms with Crippen LogP contribution < -0.4 is 4.74 Å². The highest BCUT2D eigenvalue weighted by atomic mass is 16.5. The smallest absolute Gasteiger partial charge is 0.127 e. The van der Waals surface area contributed by atoms with Gasteiger partial charge in [0.1, 0.15) is 5.75 Å². The van der Waals surface area contributed by atoms with E-state index in [-0.39, 0.29) is 0 Å². The molecule has 0 amide bonds. The van der Waals surface area contributed by atoms with Crippen molar-refractivity contribution in [3.05, 3.63) is 29.8 Å². The maximum Gasteiger partial charge on any atom is 0.127 e. The van der Waals surface area contributed by atoms with Crippen LogP contribution in [-0.4, -0.2) is 18.5 Å². The number of hydrogen-bond acceptors (Lipinski definition) is 3. The van der Waals surface area contributed by atoms with Gasteiger partial charge in [-0.1, -0.05) is 17.3 Å². The van der Waals surface area contributed by atoms with E-state index in [1.54, 1.807) is 19.2 Å². The third-order valence-corrected chi connectivity index (χ3v) is 1.34. The molecule has 0 aliphatic rings. The molecule has 1 N–H and O–H groups in total. The first-order chi connectivity index (χ1) is 5.38. The lowest BCUT2D eigenvalue weighted by Crippen LogP contribution is -1.89. The van der Waals surface area contributed by atoms with Crippen LogP contribution in [0.15, 0.2) is 29.4 Å². The summed E-state index contributed by atoms with van der Waals surface area (Å²) in [5.74, 6) is 0.699. The Morgan fingerprint density at radius 3 is 2.82 bits per heavy atom. The SMILES string of the molecule is COc1ccccc1/C=N\O. The molecule has 0 unspecified atom stereocenters. The zero-order valence-electron chi connectivity index (χ0n) is 6.19. The average Bonchev–Trinajstić information content (AvgIpc) is 2.06. The molecule has 11 heavy (non-hydrogen) atoms. The van der Waals surface area contributed by atoms with E-state index in [1.165, 1.54) is 6.21 Å². The maximum absolute atomic E-state index is 8.25. The summed E-state index contributed by atoms with van der Waals surface area (Å²) in [6.45, 7) is 0. The van der Waals surface area contributed by atoms with E-state index in [0.717, 1.165) is 5.56 Å². The topological polar surface area (TPSA) is 41.8 Å². The van der Waals surface area contributed by atoms with Gasteiger partial charge in [-0.15, -0.1) is 0 Å². The van der Waals surface area contributed by atoms with Gasteiger partial charge in [0.05, 0.1) is 13.3 Å². The summed E-state index contributed by atoms with van der Waals surface area (Å²) in [6, 6.07) is 7.31. The third kappa shape index (κ3) is 1.70. The van der Waals surface area contributed by atoms with E-state index < -0.39 is 0 Å². The second-order valence-corrected chi connectivity index (χ2v) is 1.99. The van der Waals surface area contributed by atoms with Gasteiger partial charge < -0.3 is 9.94 Å². The molecule has 0 atom stereocenters. The zero-order valence-corrected chi connectivity index (χ0v) is 6.19. The Balaban J connectivity index is 3.02. The summed E-state index contributed by atoms with van der Waals surface area (Å²) in [6.07, 6.45) is 1.33. The zero-order chi connectivity index (χ0) is 8.10. The van der Waals surface area contributed by atoms with Crippen LogP contribution in [0.1, 0.15) is 5.56 Å². The Morgan fingerprint density at radius 1 is 1.45 bits per heavy atom. The Labute approximate surface area is 64.9 Å². The van der Waals surface area contributed by atoms with Crippen molar-refractivity contribution in [3.8, 4) is 5.75 Å². The van der Waals surface area contributed by atoms with Gasteiger partial charge in [-0.2, -0.15) is 0 Å². The Hall–Kier alpha value is -1.51. The van der Waals surface area contributed by atoms with Gasteiger partial charge in [0.15, 0.2) is 0 Å². The first-order valence-electron chi connectivity index (χ1n) is 3.19. The van der Waals surface area contributed by atoms with Gasteiger partial charge >= 0.3 is 0 Å². The van der Waals surface area contributed by atoms with Crippen molar-refractivity contribution < 1.29 is 9.94 Å². The van der Waals surface area contributed by atoms with Crippen molar-refractivity contribution in [2.45, 2.75) is 0 Å².